The summed E-state index contributed by atoms with van der Waals surface area (Å²) in [5, 5.41) is 25.3. The molecule has 0 aliphatic heterocycles. The minimum atomic E-state index is -2.73. The van der Waals surface area contributed by atoms with Crippen LogP contribution in [-0.4, -0.2) is 163 Å². The Morgan fingerprint density at radius 1 is 0.467 bits per heavy atom. The number of aliphatic hydroxyl groups excluding tert-OH is 2. The lowest BCUT2D eigenvalue weighted by atomic mass is 9.86. The lowest BCUT2D eigenvalue weighted by Crippen LogP contribution is -2.46. The van der Waals surface area contributed by atoms with Crippen molar-refractivity contribution in [2.75, 3.05) is 99.1 Å². The van der Waals surface area contributed by atoms with Gasteiger partial charge in [-0.1, -0.05) is 32.9 Å². The molecule has 0 spiro atoms. The van der Waals surface area contributed by atoms with E-state index >= 15 is 0 Å². The van der Waals surface area contributed by atoms with E-state index in [1.165, 1.54) is 0 Å². The summed E-state index contributed by atoms with van der Waals surface area (Å²) in [5.74, 6) is -3.12. The highest BCUT2D eigenvalue weighted by Gasteiger charge is 2.41. The number of carbonyl (C=O) groups is 6. The Labute approximate surface area is 449 Å². The van der Waals surface area contributed by atoms with Crippen molar-refractivity contribution in [2.24, 2.45) is 10.8 Å². The van der Waals surface area contributed by atoms with Gasteiger partial charge in [-0.15, -0.1) is 0 Å². The van der Waals surface area contributed by atoms with Crippen molar-refractivity contribution in [2.45, 2.75) is 152 Å². The first-order valence-corrected chi connectivity index (χ1v) is 29.8. The second-order valence-electron chi connectivity index (χ2n) is 17.4. The van der Waals surface area contributed by atoms with E-state index < -0.39 is 58.3 Å². The van der Waals surface area contributed by atoms with E-state index in [0.29, 0.717) is 84.0 Å². The summed E-state index contributed by atoms with van der Waals surface area (Å²) in [6.45, 7) is 29.8. The van der Waals surface area contributed by atoms with Gasteiger partial charge >= 0.3 is 53.4 Å². The number of aliphatic hydroxyl groups is 2. The van der Waals surface area contributed by atoms with Crippen LogP contribution in [0.1, 0.15) is 140 Å². The van der Waals surface area contributed by atoms with Gasteiger partial charge in [-0.3, -0.25) is 19.2 Å². The van der Waals surface area contributed by atoms with E-state index in [0.717, 1.165) is 19.3 Å². The maximum Gasteiger partial charge on any atom is 0.501 e. The maximum absolute atomic E-state index is 12.4. The fraction of sp³-hybridized carbons (Fsp3) is 0.784. The molecule has 0 saturated heterocycles. The van der Waals surface area contributed by atoms with E-state index in [4.69, 9.17) is 65.7 Å². The predicted octanol–water partition coefficient (Wildman–Crippen LogP) is 6.88. The third-order valence-corrected chi connectivity index (χ3v) is 16.2. The first-order chi connectivity index (χ1) is 35.6. The number of hydrogen-bond donors (Lipinski definition) is 2. The van der Waals surface area contributed by atoms with Crippen molar-refractivity contribution < 1.29 is 98.7 Å². The van der Waals surface area contributed by atoms with Crippen LogP contribution in [0.5, 0.6) is 0 Å². The summed E-state index contributed by atoms with van der Waals surface area (Å²) >= 11 is 0. The maximum atomic E-state index is 12.4. The largest absolute Gasteiger partial charge is 0.501 e. The van der Waals surface area contributed by atoms with Crippen LogP contribution in [0.25, 0.3) is 0 Å². The van der Waals surface area contributed by atoms with Gasteiger partial charge in [0.15, 0.2) is 0 Å². The van der Waals surface area contributed by atoms with Gasteiger partial charge in [-0.2, -0.15) is 5.26 Å². The lowest BCUT2D eigenvalue weighted by Gasteiger charge is -2.28. The van der Waals surface area contributed by atoms with Gasteiger partial charge in [0.05, 0.1) is 24.0 Å². The monoisotopic (exact) mass is 1110 g/mol. The molecule has 2 N–H and O–H groups in total. The molecule has 0 bridgehead atoms. The topological polar surface area (TPSA) is 287 Å². The summed E-state index contributed by atoms with van der Waals surface area (Å²) in [7, 11) is -5.26. The van der Waals surface area contributed by atoms with Crippen LogP contribution in [0.4, 0.5) is 0 Å². The molecule has 0 aromatic heterocycles. The molecular formula is C51H93NO21Si2. The Morgan fingerprint density at radius 2 is 0.800 bits per heavy atom. The van der Waals surface area contributed by atoms with Gasteiger partial charge in [-0.25, -0.2) is 9.59 Å². The number of rotatable bonds is 43. The number of nitriles is 1. The van der Waals surface area contributed by atoms with Gasteiger partial charge < -0.3 is 69.9 Å². The minimum absolute atomic E-state index is 0.0112. The Hall–Kier alpha value is -4.30. The van der Waals surface area contributed by atoms with Crippen LogP contribution in [-0.2, 0) is 88.5 Å². The van der Waals surface area contributed by atoms with E-state index in [1.54, 1.807) is 34.0 Å². The Kier molecular flexibility index (Phi) is 45.8. The molecule has 0 amide bonds. The quantitative estimate of drug-likeness (QED) is 0.0157. The molecule has 75 heavy (non-hydrogen) atoms. The van der Waals surface area contributed by atoms with Crippen LogP contribution in [0.2, 0.25) is 12.1 Å². The number of esters is 6. The highest BCUT2D eigenvalue weighted by Crippen LogP contribution is 2.28. The van der Waals surface area contributed by atoms with Crippen LogP contribution >= 0.6 is 0 Å². The van der Waals surface area contributed by atoms with E-state index in [9.17, 15) is 28.8 Å². The van der Waals surface area contributed by atoms with Crippen molar-refractivity contribution in [1.82, 2.24) is 0 Å². The van der Waals surface area contributed by atoms with E-state index in [-0.39, 0.29) is 89.2 Å². The smallest absolute Gasteiger partial charge is 0.463 e. The fourth-order valence-electron chi connectivity index (χ4n) is 6.49. The van der Waals surface area contributed by atoms with E-state index in [2.05, 4.69) is 22.6 Å². The summed E-state index contributed by atoms with van der Waals surface area (Å²) in [5.41, 5.74) is -1.74. The third kappa shape index (κ3) is 38.0. The summed E-state index contributed by atoms with van der Waals surface area (Å²) < 4.78 is 69.0. The average Bonchev–Trinajstić information content (AvgIpc) is 3.35. The number of unbranched alkanes of at least 4 members (excludes halogenated alkanes) is 3. The van der Waals surface area contributed by atoms with Crippen LogP contribution in [0.3, 0.4) is 0 Å². The van der Waals surface area contributed by atoms with Crippen molar-refractivity contribution in [3.8, 4) is 6.26 Å². The normalized spacial score (nSPS) is 11.3. The second-order valence-corrected chi connectivity index (χ2v) is 22.9. The molecule has 436 valence electrons. The number of ether oxygens (including phenoxy) is 7. The molecule has 0 radical (unpaired) electrons. The van der Waals surface area contributed by atoms with Crippen LogP contribution in [0.15, 0.2) is 24.3 Å². The Balaban J connectivity index is -0.00000124. The molecule has 22 nitrogen and oxygen atoms in total. The molecule has 0 fully saturated rings. The van der Waals surface area contributed by atoms with Crippen molar-refractivity contribution in [1.29, 1.82) is 5.26 Å². The molecular weight excluding hydrogens is 1020 g/mol. The summed E-state index contributed by atoms with van der Waals surface area (Å²) in [6.07, 6.45) is 7.02. The number of nitrogens with zero attached hydrogens (tertiary/aromatic N) is 1. The number of hydrogen-bond acceptors (Lipinski definition) is 22. The highest BCUT2D eigenvalue weighted by atomic mass is 28.4. The zero-order valence-corrected chi connectivity index (χ0v) is 49.1. The first kappa shape index (κ1) is 74.9. The minimum Gasteiger partial charge on any atom is -0.463 e. The third-order valence-electron chi connectivity index (χ3n) is 9.88. The molecule has 0 aromatic carbocycles. The SMILES string of the molecule is C=C(CC(C)(C)C(=O)OCCO)C(=O)OCCO.C=C(CC(C)(C)C(=O)OCCOC(=O)CCCCC)C(=O)OCCOC(=O)CCCC[Si](OCC)(OCC)OCC.CCO[Si](CCCOC#N)(OCC)OCC. The molecule has 0 unspecified atom stereocenters. The van der Waals surface area contributed by atoms with E-state index in [1.807, 2.05) is 48.5 Å². The second kappa shape index (κ2) is 45.9. The van der Waals surface area contributed by atoms with Crippen molar-refractivity contribution in [3.05, 3.63) is 24.3 Å². The zero-order valence-electron chi connectivity index (χ0n) is 47.1. The van der Waals surface area contributed by atoms with Crippen LogP contribution < -0.4 is 0 Å². The summed E-state index contributed by atoms with van der Waals surface area (Å²) in [6, 6.07) is 1.30. The van der Waals surface area contributed by atoms with Gasteiger partial charge in [0.25, 0.3) is 6.26 Å². The van der Waals surface area contributed by atoms with Crippen LogP contribution in [0, 0.1) is 22.3 Å². The molecule has 0 aliphatic carbocycles. The standard InChI is InChI=1S/C29H52O11Si.C12H20O6.C10H21NO4Si/c1-8-12-13-16-25(30)35-19-21-37-28(33)29(6,7)23-24(5)27(32)36-20-18-34-26(31)17-14-15-22-41(38-9-2,39-10-3)40-11-4;1-9(10(15)17-6-4-13)8-12(2,3)11(16)18-7-5-14;1-4-13-16(14-5-2,15-6-3)9-7-8-12-10-11/h5,8-23H2,1-4,6-7H3;13-14H,1,4-8H2,2-3H3;4-9H2,1-3H3. The Morgan fingerprint density at radius 3 is 1.17 bits per heavy atom. The molecule has 0 aromatic rings. The van der Waals surface area contributed by atoms with Gasteiger partial charge in [0, 0.05) is 75.7 Å². The van der Waals surface area contributed by atoms with Gasteiger partial charge in [0.2, 0.25) is 0 Å². The van der Waals surface area contributed by atoms with Gasteiger partial charge in [-0.05, 0) is 108 Å². The van der Waals surface area contributed by atoms with Gasteiger partial charge in [0.1, 0.15) is 46.2 Å². The fourth-order valence-corrected chi connectivity index (χ4v) is 11.8. The Bertz CT molecular complexity index is 1620. The summed E-state index contributed by atoms with van der Waals surface area (Å²) in [4.78, 5) is 71.4. The molecule has 0 rings (SSSR count). The average molecular weight is 1110 g/mol. The molecule has 0 heterocycles. The zero-order chi connectivity index (χ0) is 57.6. The highest BCUT2D eigenvalue weighted by molar-refractivity contribution is 6.61. The number of carbonyl (C=O) groups excluding carboxylic acids is 6. The molecule has 0 aliphatic rings. The molecule has 0 saturated carbocycles. The first-order valence-electron chi connectivity index (χ1n) is 26.0. The van der Waals surface area contributed by atoms with Crippen molar-refractivity contribution >= 4 is 53.4 Å². The predicted molar refractivity (Wildman–Crippen MR) is 280 cm³/mol. The lowest BCUT2D eigenvalue weighted by molar-refractivity contribution is -0.159. The molecule has 0 atom stereocenters. The van der Waals surface area contributed by atoms with Crippen molar-refractivity contribution in [3.63, 3.8) is 0 Å². The molecule has 24 heteroatoms.